The van der Waals surface area contributed by atoms with Crippen LogP contribution in [0.25, 0.3) is 0 Å². The van der Waals surface area contributed by atoms with Crippen LogP contribution >= 0.6 is 0 Å². The summed E-state index contributed by atoms with van der Waals surface area (Å²) in [6.45, 7) is 6.01. The van der Waals surface area contributed by atoms with Gasteiger partial charge >= 0.3 is 0 Å². The molecule has 0 aliphatic rings. The third-order valence-electron chi connectivity index (χ3n) is 3.75. The van der Waals surface area contributed by atoms with Crippen LogP contribution in [0.3, 0.4) is 0 Å². The van der Waals surface area contributed by atoms with Crippen LogP contribution in [0.15, 0.2) is 42.5 Å². The summed E-state index contributed by atoms with van der Waals surface area (Å²) in [6, 6.07) is 13.9. The van der Waals surface area contributed by atoms with Gasteiger partial charge in [0.15, 0.2) is 9.84 Å². The molecule has 0 unspecified atom stereocenters. The number of rotatable bonds is 5. The topological polar surface area (TPSA) is 34.1 Å². The molecule has 0 aliphatic carbocycles. The monoisotopic (exact) mass is 302 g/mol. The highest BCUT2D eigenvalue weighted by Gasteiger charge is 2.15. The van der Waals surface area contributed by atoms with Crippen molar-refractivity contribution in [2.24, 2.45) is 0 Å². The van der Waals surface area contributed by atoms with Crippen molar-refractivity contribution in [2.75, 3.05) is 5.75 Å². The summed E-state index contributed by atoms with van der Waals surface area (Å²) in [6.07, 6.45) is 0.577. The van der Waals surface area contributed by atoms with Crippen molar-refractivity contribution >= 4 is 9.84 Å². The molecule has 3 heteroatoms. The minimum Gasteiger partial charge on any atom is -0.228 e. The first kappa shape index (κ1) is 15.8. The second-order valence-electron chi connectivity index (χ2n) is 5.70. The first-order valence-corrected chi connectivity index (χ1v) is 9.00. The molecule has 0 fully saturated rings. The van der Waals surface area contributed by atoms with Gasteiger partial charge in [0.2, 0.25) is 0 Å². The molecule has 21 heavy (non-hydrogen) atoms. The van der Waals surface area contributed by atoms with E-state index < -0.39 is 9.84 Å². The Morgan fingerprint density at radius 1 is 0.905 bits per heavy atom. The fraction of sp³-hybridized carbons (Fsp3) is 0.333. The maximum Gasteiger partial charge on any atom is 0.154 e. The fourth-order valence-corrected chi connectivity index (χ4v) is 4.23. The zero-order valence-corrected chi connectivity index (χ0v) is 13.7. The van der Waals surface area contributed by atoms with E-state index in [0.717, 1.165) is 22.3 Å². The SMILES string of the molecule is Cc1cc(C)c(CS(=O)(=O)CCc2ccccc2)c(C)c1. The van der Waals surface area contributed by atoms with Crippen LogP contribution in [0, 0.1) is 20.8 Å². The number of hydrogen-bond acceptors (Lipinski definition) is 2. The van der Waals surface area contributed by atoms with E-state index >= 15 is 0 Å². The van der Waals surface area contributed by atoms with E-state index in [-0.39, 0.29) is 11.5 Å². The van der Waals surface area contributed by atoms with E-state index in [9.17, 15) is 8.42 Å². The second-order valence-corrected chi connectivity index (χ2v) is 7.89. The normalized spacial score (nSPS) is 11.6. The summed E-state index contributed by atoms with van der Waals surface area (Å²) in [5, 5.41) is 0. The van der Waals surface area contributed by atoms with Gasteiger partial charge in [-0.1, -0.05) is 48.0 Å². The summed E-state index contributed by atoms with van der Waals surface area (Å²) in [4.78, 5) is 0. The third kappa shape index (κ3) is 4.43. The predicted octanol–water partition coefficient (Wildman–Crippen LogP) is 3.77. The van der Waals surface area contributed by atoms with Gasteiger partial charge in [0.05, 0.1) is 11.5 Å². The average Bonchev–Trinajstić information content (AvgIpc) is 2.42. The number of aryl methyl sites for hydroxylation is 4. The summed E-state index contributed by atoms with van der Waals surface area (Å²) >= 11 is 0. The molecule has 0 saturated carbocycles. The van der Waals surface area contributed by atoms with Crippen molar-refractivity contribution in [3.8, 4) is 0 Å². The molecule has 2 rings (SSSR count). The zero-order valence-electron chi connectivity index (χ0n) is 12.9. The van der Waals surface area contributed by atoms with Crippen molar-refractivity contribution in [1.29, 1.82) is 0 Å². The van der Waals surface area contributed by atoms with Gasteiger partial charge in [-0.25, -0.2) is 8.42 Å². The van der Waals surface area contributed by atoms with Gasteiger partial charge < -0.3 is 0 Å². The quantitative estimate of drug-likeness (QED) is 0.842. The van der Waals surface area contributed by atoms with E-state index in [4.69, 9.17) is 0 Å². The van der Waals surface area contributed by atoms with E-state index in [1.165, 1.54) is 5.56 Å². The smallest absolute Gasteiger partial charge is 0.154 e. The van der Waals surface area contributed by atoms with Crippen LogP contribution in [0.1, 0.15) is 27.8 Å². The Morgan fingerprint density at radius 3 is 2.05 bits per heavy atom. The Kier molecular flexibility index (Phi) is 4.84. The molecule has 0 heterocycles. The predicted molar refractivity (Wildman–Crippen MR) is 88.3 cm³/mol. The number of hydrogen-bond donors (Lipinski definition) is 0. The van der Waals surface area contributed by atoms with Crippen molar-refractivity contribution in [3.63, 3.8) is 0 Å². The molecule has 2 aromatic rings. The lowest BCUT2D eigenvalue weighted by Gasteiger charge is -2.12. The maximum atomic E-state index is 12.4. The van der Waals surface area contributed by atoms with Crippen molar-refractivity contribution in [1.82, 2.24) is 0 Å². The summed E-state index contributed by atoms with van der Waals surface area (Å²) in [7, 11) is -3.09. The minimum atomic E-state index is -3.09. The minimum absolute atomic E-state index is 0.137. The molecule has 0 bridgehead atoms. The highest BCUT2D eigenvalue weighted by atomic mass is 32.2. The lowest BCUT2D eigenvalue weighted by atomic mass is 10.0. The van der Waals surface area contributed by atoms with Gasteiger partial charge in [-0.15, -0.1) is 0 Å². The second kappa shape index (κ2) is 6.44. The lowest BCUT2D eigenvalue weighted by molar-refractivity contribution is 0.594. The molecular formula is C18H22O2S. The summed E-state index contributed by atoms with van der Waals surface area (Å²) in [5.41, 5.74) is 5.33. The number of benzene rings is 2. The van der Waals surface area contributed by atoms with E-state index in [1.807, 2.05) is 51.1 Å². The Balaban J connectivity index is 2.11. The van der Waals surface area contributed by atoms with Gasteiger partial charge in [-0.3, -0.25) is 0 Å². The third-order valence-corrected chi connectivity index (χ3v) is 5.30. The Bertz CT molecular complexity index is 693. The molecule has 2 nitrogen and oxygen atoms in total. The number of sulfone groups is 1. The molecule has 2 aromatic carbocycles. The standard InChI is InChI=1S/C18H22O2S/c1-14-11-15(2)18(16(3)12-14)13-21(19,20)10-9-17-7-5-4-6-8-17/h4-8,11-12H,9-10,13H2,1-3H3. The van der Waals surface area contributed by atoms with Crippen LogP contribution < -0.4 is 0 Å². The lowest BCUT2D eigenvalue weighted by Crippen LogP contribution is -2.13. The maximum absolute atomic E-state index is 12.4. The molecule has 112 valence electrons. The van der Waals surface area contributed by atoms with Crippen LogP contribution in [-0.2, 0) is 22.0 Å². The first-order valence-electron chi connectivity index (χ1n) is 7.18. The van der Waals surface area contributed by atoms with Gasteiger partial charge in [0.1, 0.15) is 0 Å². The molecule has 0 aliphatic heterocycles. The van der Waals surface area contributed by atoms with Gasteiger partial charge in [-0.05, 0) is 49.4 Å². The van der Waals surface area contributed by atoms with E-state index in [2.05, 4.69) is 12.1 Å². The molecule has 0 saturated heterocycles. The fourth-order valence-electron chi connectivity index (χ4n) is 2.65. The molecular weight excluding hydrogens is 280 g/mol. The molecule has 0 amide bonds. The largest absolute Gasteiger partial charge is 0.228 e. The van der Waals surface area contributed by atoms with Crippen LogP contribution in [-0.4, -0.2) is 14.2 Å². The van der Waals surface area contributed by atoms with Gasteiger partial charge in [0, 0.05) is 0 Å². The average molecular weight is 302 g/mol. The zero-order chi connectivity index (χ0) is 15.5. The highest BCUT2D eigenvalue weighted by Crippen LogP contribution is 2.19. The van der Waals surface area contributed by atoms with Crippen molar-refractivity contribution < 1.29 is 8.42 Å². The van der Waals surface area contributed by atoms with E-state index in [0.29, 0.717) is 6.42 Å². The summed E-state index contributed by atoms with van der Waals surface area (Å²) < 4.78 is 24.7. The molecule has 0 aromatic heterocycles. The first-order chi connectivity index (χ1) is 9.87. The highest BCUT2D eigenvalue weighted by molar-refractivity contribution is 7.90. The van der Waals surface area contributed by atoms with Gasteiger partial charge in [0.25, 0.3) is 0 Å². The van der Waals surface area contributed by atoms with Crippen molar-refractivity contribution in [3.05, 3.63) is 70.3 Å². The van der Waals surface area contributed by atoms with E-state index in [1.54, 1.807) is 0 Å². The van der Waals surface area contributed by atoms with Crippen LogP contribution in [0.5, 0.6) is 0 Å². The molecule has 0 N–H and O–H groups in total. The molecule has 0 radical (unpaired) electrons. The Morgan fingerprint density at radius 2 is 1.48 bits per heavy atom. The Hall–Kier alpha value is -1.61. The molecule has 0 spiro atoms. The van der Waals surface area contributed by atoms with Crippen LogP contribution in [0.2, 0.25) is 0 Å². The van der Waals surface area contributed by atoms with Crippen molar-refractivity contribution in [2.45, 2.75) is 32.9 Å². The van der Waals surface area contributed by atoms with Crippen LogP contribution in [0.4, 0.5) is 0 Å². The Labute approximate surface area is 127 Å². The summed E-state index contributed by atoms with van der Waals surface area (Å²) in [5.74, 6) is 0.335. The molecule has 0 atom stereocenters. The van der Waals surface area contributed by atoms with Gasteiger partial charge in [-0.2, -0.15) is 0 Å².